The van der Waals surface area contributed by atoms with Crippen molar-refractivity contribution in [1.29, 1.82) is 0 Å². The van der Waals surface area contributed by atoms with E-state index < -0.39 is 0 Å². The molecule has 4 aromatic rings. The van der Waals surface area contributed by atoms with Crippen molar-refractivity contribution in [3.8, 4) is 0 Å². The Morgan fingerprint density at radius 1 is 1.00 bits per heavy atom. The molecule has 162 valence electrons. The minimum atomic E-state index is -0.325. The third kappa shape index (κ3) is 4.65. The van der Waals surface area contributed by atoms with Crippen LogP contribution in [0.1, 0.15) is 47.8 Å². The van der Waals surface area contributed by atoms with Gasteiger partial charge in [-0.15, -0.1) is 0 Å². The number of nitrogens with zero attached hydrogens (tertiary/aromatic N) is 2. The minimum Gasteiger partial charge on any atom is -0.465 e. The lowest BCUT2D eigenvalue weighted by Crippen LogP contribution is -2.10. The second-order valence-electron chi connectivity index (χ2n) is 8.98. The van der Waals surface area contributed by atoms with Gasteiger partial charge in [0.15, 0.2) is 0 Å². The number of rotatable bonds is 5. The Labute approximate surface area is 189 Å². The Hall–Kier alpha value is -3.66. The second kappa shape index (κ2) is 8.83. The van der Waals surface area contributed by atoms with E-state index in [1.807, 2.05) is 36.5 Å². The topological polar surface area (TPSA) is 43.6 Å². The van der Waals surface area contributed by atoms with Crippen molar-refractivity contribution >= 4 is 28.8 Å². The van der Waals surface area contributed by atoms with Crippen molar-refractivity contribution in [2.24, 2.45) is 4.99 Å². The monoisotopic (exact) mass is 424 g/mol. The third-order valence-electron chi connectivity index (χ3n) is 5.61. The Morgan fingerprint density at radius 3 is 2.47 bits per heavy atom. The quantitative estimate of drug-likeness (QED) is 0.270. The zero-order valence-electron chi connectivity index (χ0n) is 19.0. The third-order valence-corrected chi connectivity index (χ3v) is 5.61. The summed E-state index contributed by atoms with van der Waals surface area (Å²) in [6.45, 7) is 7.28. The summed E-state index contributed by atoms with van der Waals surface area (Å²) in [6.07, 6.45) is 4.04. The Kier molecular flexibility index (Phi) is 5.95. The molecule has 0 saturated carbocycles. The average Bonchev–Trinajstić information content (AvgIpc) is 3.14. The van der Waals surface area contributed by atoms with Crippen LogP contribution in [0.3, 0.4) is 0 Å². The first-order valence-electron chi connectivity index (χ1n) is 10.7. The van der Waals surface area contributed by atoms with Crippen molar-refractivity contribution in [2.45, 2.75) is 32.7 Å². The number of fused-ring (bicyclic) bond motifs is 1. The van der Waals surface area contributed by atoms with Crippen LogP contribution in [0.5, 0.6) is 0 Å². The number of hydrogen-bond donors (Lipinski definition) is 0. The molecule has 0 saturated heterocycles. The van der Waals surface area contributed by atoms with Crippen molar-refractivity contribution in [2.75, 3.05) is 7.11 Å². The zero-order chi connectivity index (χ0) is 22.7. The van der Waals surface area contributed by atoms with E-state index in [-0.39, 0.29) is 11.4 Å². The Balaban J connectivity index is 1.63. The molecule has 0 aliphatic rings. The molecule has 1 heterocycles. The summed E-state index contributed by atoms with van der Waals surface area (Å²) in [6, 6.07) is 24.3. The van der Waals surface area contributed by atoms with Crippen LogP contribution in [-0.2, 0) is 16.7 Å². The summed E-state index contributed by atoms with van der Waals surface area (Å²) in [5.41, 5.74) is 6.13. The molecule has 3 aromatic carbocycles. The normalized spacial score (nSPS) is 11.9. The van der Waals surface area contributed by atoms with Crippen molar-refractivity contribution < 1.29 is 9.53 Å². The molecule has 0 fully saturated rings. The van der Waals surface area contributed by atoms with Crippen LogP contribution in [0.15, 0.2) is 84.0 Å². The molecule has 1 aromatic heterocycles. The van der Waals surface area contributed by atoms with Gasteiger partial charge >= 0.3 is 5.97 Å². The maximum absolute atomic E-state index is 11.9. The number of benzene rings is 3. The molecule has 0 bridgehead atoms. The van der Waals surface area contributed by atoms with E-state index >= 15 is 0 Å². The lowest BCUT2D eigenvalue weighted by Gasteiger charge is -2.18. The average molecular weight is 425 g/mol. The fraction of sp³-hybridized carbons (Fsp3) is 0.214. The number of carbonyl (C=O) groups excluding carboxylic acids is 1. The summed E-state index contributed by atoms with van der Waals surface area (Å²) >= 11 is 0. The molecule has 0 N–H and O–H groups in total. The first-order valence-corrected chi connectivity index (χ1v) is 10.7. The van der Waals surface area contributed by atoms with Gasteiger partial charge in [0, 0.05) is 35.4 Å². The van der Waals surface area contributed by atoms with Crippen molar-refractivity contribution in [1.82, 2.24) is 4.57 Å². The Bertz CT molecular complexity index is 1280. The largest absolute Gasteiger partial charge is 0.465 e. The van der Waals surface area contributed by atoms with Gasteiger partial charge in [-0.25, -0.2) is 4.79 Å². The molecule has 0 aliphatic heterocycles. The standard InChI is InChI=1S/C28H28N2O2/c1-28(2,3)23-12-14-24(15-13-23)29-17-22-19-30(26-11-6-5-10-25(22)26)18-20-8-7-9-21(16-20)27(31)32-4/h5-17,19H,18H2,1-4H3. The number of carbonyl (C=O) groups is 1. The summed E-state index contributed by atoms with van der Waals surface area (Å²) in [4.78, 5) is 16.6. The van der Waals surface area contributed by atoms with Gasteiger partial charge in [0.25, 0.3) is 0 Å². The van der Waals surface area contributed by atoms with Gasteiger partial charge in [-0.05, 0) is 46.9 Å². The fourth-order valence-electron chi connectivity index (χ4n) is 3.81. The summed E-state index contributed by atoms with van der Waals surface area (Å²) in [5, 5.41) is 1.15. The van der Waals surface area contributed by atoms with E-state index in [1.165, 1.54) is 12.7 Å². The molecule has 4 nitrogen and oxygen atoms in total. The molecule has 0 amide bonds. The van der Waals surface area contributed by atoms with E-state index in [4.69, 9.17) is 9.73 Å². The number of aliphatic imine (C=N–C) groups is 1. The smallest absolute Gasteiger partial charge is 0.337 e. The molecular formula is C28H28N2O2. The molecule has 4 heteroatoms. The first kappa shape index (κ1) is 21.6. The van der Waals surface area contributed by atoms with Crippen LogP contribution in [0.25, 0.3) is 10.9 Å². The van der Waals surface area contributed by atoms with Crippen molar-refractivity contribution in [3.63, 3.8) is 0 Å². The van der Waals surface area contributed by atoms with Gasteiger partial charge in [-0.3, -0.25) is 4.99 Å². The lowest BCUT2D eigenvalue weighted by molar-refractivity contribution is 0.0600. The summed E-state index contributed by atoms with van der Waals surface area (Å²) in [7, 11) is 1.40. The number of aromatic nitrogens is 1. The van der Waals surface area contributed by atoms with Crippen molar-refractivity contribution in [3.05, 3.63) is 101 Å². The van der Waals surface area contributed by atoms with E-state index in [0.717, 1.165) is 27.7 Å². The first-order chi connectivity index (χ1) is 15.3. The highest BCUT2D eigenvalue weighted by molar-refractivity contribution is 6.00. The van der Waals surface area contributed by atoms with Gasteiger partial charge < -0.3 is 9.30 Å². The molecule has 0 unspecified atom stereocenters. The van der Waals surface area contributed by atoms with E-state index in [1.54, 1.807) is 6.07 Å². The van der Waals surface area contributed by atoms with Gasteiger partial charge in [-0.2, -0.15) is 0 Å². The maximum Gasteiger partial charge on any atom is 0.337 e. The van der Waals surface area contributed by atoms with Crippen LogP contribution < -0.4 is 0 Å². The molecule has 0 aliphatic carbocycles. The number of esters is 1. The van der Waals surface area contributed by atoms with E-state index in [9.17, 15) is 4.79 Å². The number of ether oxygens (including phenoxy) is 1. The van der Waals surface area contributed by atoms with E-state index in [2.05, 4.69) is 67.9 Å². The molecule has 0 radical (unpaired) electrons. The van der Waals surface area contributed by atoms with Crippen LogP contribution in [0.4, 0.5) is 5.69 Å². The van der Waals surface area contributed by atoms with Crippen LogP contribution in [0.2, 0.25) is 0 Å². The molecule has 0 atom stereocenters. The molecular weight excluding hydrogens is 396 g/mol. The minimum absolute atomic E-state index is 0.126. The van der Waals surface area contributed by atoms with Gasteiger partial charge in [0.05, 0.1) is 18.4 Å². The number of methoxy groups -OCH3 is 1. The van der Waals surface area contributed by atoms with Crippen LogP contribution in [0, 0.1) is 0 Å². The number of para-hydroxylation sites is 1. The predicted molar refractivity (Wildman–Crippen MR) is 131 cm³/mol. The van der Waals surface area contributed by atoms with E-state index in [0.29, 0.717) is 12.1 Å². The van der Waals surface area contributed by atoms with Gasteiger partial charge in [0.1, 0.15) is 0 Å². The molecule has 4 rings (SSSR count). The zero-order valence-corrected chi connectivity index (χ0v) is 19.0. The highest BCUT2D eigenvalue weighted by atomic mass is 16.5. The van der Waals surface area contributed by atoms with Gasteiger partial charge in [-0.1, -0.05) is 63.2 Å². The SMILES string of the molecule is COC(=O)c1cccc(Cn2cc(C=Nc3ccc(C(C)(C)C)cc3)c3ccccc32)c1. The highest BCUT2D eigenvalue weighted by Gasteiger charge is 2.13. The maximum atomic E-state index is 11.9. The molecule has 0 spiro atoms. The van der Waals surface area contributed by atoms with Crippen LogP contribution >= 0.6 is 0 Å². The lowest BCUT2D eigenvalue weighted by atomic mass is 9.87. The van der Waals surface area contributed by atoms with Gasteiger partial charge in [0.2, 0.25) is 0 Å². The summed E-state index contributed by atoms with van der Waals surface area (Å²) < 4.78 is 7.04. The highest BCUT2D eigenvalue weighted by Crippen LogP contribution is 2.26. The Morgan fingerprint density at radius 2 is 1.75 bits per heavy atom. The fourth-order valence-corrected chi connectivity index (χ4v) is 3.81. The number of hydrogen-bond acceptors (Lipinski definition) is 3. The summed E-state index contributed by atoms with van der Waals surface area (Å²) in [5.74, 6) is -0.325. The van der Waals surface area contributed by atoms with Crippen LogP contribution in [-0.4, -0.2) is 23.9 Å². The second-order valence-corrected chi connectivity index (χ2v) is 8.98. The predicted octanol–water partition coefficient (Wildman–Crippen LogP) is 6.52. The molecule has 32 heavy (non-hydrogen) atoms.